The number of benzene rings is 2. The monoisotopic (exact) mass is 480 g/mol. The lowest BCUT2D eigenvalue weighted by molar-refractivity contribution is 0.0963. The van der Waals surface area contributed by atoms with Crippen molar-refractivity contribution in [3.63, 3.8) is 0 Å². The van der Waals surface area contributed by atoms with Crippen LogP contribution in [0.25, 0.3) is 0 Å². The summed E-state index contributed by atoms with van der Waals surface area (Å²) in [5.41, 5.74) is 2.50. The Bertz CT molecular complexity index is 1040. The lowest BCUT2D eigenvalue weighted by Gasteiger charge is -2.28. The summed E-state index contributed by atoms with van der Waals surface area (Å²) >= 11 is 0. The maximum absolute atomic E-state index is 13.5. The van der Waals surface area contributed by atoms with E-state index < -0.39 is 0 Å². The summed E-state index contributed by atoms with van der Waals surface area (Å²) in [4.78, 5) is 15.4. The predicted octanol–water partition coefficient (Wildman–Crippen LogP) is 6.88. The zero-order valence-electron chi connectivity index (χ0n) is 22.3. The largest absolute Gasteiger partial charge is 0.507 e. The molecule has 2 aromatic rings. The predicted molar refractivity (Wildman–Crippen MR) is 141 cm³/mol. The lowest BCUT2D eigenvalue weighted by atomic mass is 9.78. The number of nitrogens with one attached hydrogen (secondary N) is 1. The molecule has 5 heteroatoms. The van der Waals surface area contributed by atoms with Gasteiger partial charge < -0.3 is 10.0 Å². The van der Waals surface area contributed by atoms with Gasteiger partial charge in [0.2, 0.25) is 0 Å². The van der Waals surface area contributed by atoms with Gasteiger partial charge in [-0.2, -0.15) is 0 Å². The zero-order chi connectivity index (χ0) is 26.1. The number of hydrogen-bond acceptors (Lipinski definition) is 3. The van der Waals surface area contributed by atoms with Gasteiger partial charge in [0.25, 0.3) is 0 Å². The molecule has 0 bridgehead atoms. The van der Waals surface area contributed by atoms with Crippen LogP contribution in [0.15, 0.2) is 36.4 Å². The third kappa shape index (κ3) is 6.12. The molecule has 3 rings (SSSR count). The molecule has 0 spiro atoms. The molecule has 1 aliphatic rings. The van der Waals surface area contributed by atoms with Crippen molar-refractivity contribution in [3.05, 3.63) is 64.5 Å². The fourth-order valence-corrected chi connectivity index (χ4v) is 5.12. The van der Waals surface area contributed by atoms with Gasteiger partial charge in [0.15, 0.2) is 5.78 Å². The highest BCUT2D eigenvalue weighted by molar-refractivity contribution is 6.01. The number of rotatable bonds is 7. The molecule has 0 saturated carbocycles. The molecule has 1 fully saturated rings. The number of amidine groups is 1. The molecule has 4 nitrogen and oxygen atoms in total. The SMILES string of the molecule is CCCC1CN(CC(=O)c2cc(C(C)(C)C)c(O)c(C(C)(C)C)c2)C(=N)C1Cc1ccc(F)cc1. The second kappa shape index (κ2) is 10.1. The van der Waals surface area contributed by atoms with Crippen molar-refractivity contribution in [2.24, 2.45) is 11.8 Å². The van der Waals surface area contributed by atoms with Crippen molar-refractivity contribution in [1.29, 1.82) is 5.41 Å². The number of phenolic OH excluding ortho intramolecular Hbond substituents is 1. The Kier molecular flexibility index (Phi) is 7.78. The van der Waals surface area contributed by atoms with E-state index in [4.69, 9.17) is 5.41 Å². The number of carbonyl (C=O) groups excluding carboxylic acids is 1. The highest BCUT2D eigenvalue weighted by atomic mass is 19.1. The first-order valence-corrected chi connectivity index (χ1v) is 12.7. The second-order valence-corrected chi connectivity index (χ2v) is 12.1. The normalized spacial score (nSPS) is 18.9. The summed E-state index contributed by atoms with van der Waals surface area (Å²) in [6.07, 6.45) is 2.68. The van der Waals surface area contributed by atoms with Crippen LogP contribution in [0, 0.1) is 23.1 Å². The summed E-state index contributed by atoms with van der Waals surface area (Å²) in [5.74, 6) is 0.766. The van der Waals surface area contributed by atoms with Gasteiger partial charge in [0, 0.05) is 29.2 Å². The molecular weight excluding hydrogens is 439 g/mol. The lowest BCUT2D eigenvalue weighted by Crippen LogP contribution is -2.33. The number of Topliss-reactive ketones (excluding diaryl/α,β-unsaturated/α-hetero) is 1. The smallest absolute Gasteiger partial charge is 0.182 e. The van der Waals surface area contributed by atoms with Crippen LogP contribution in [0.3, 0.4) is 0 Å². The van der Waals surface area contributed by atoms with Gasteiger partial charge in [0.05, 0.1) is 6.54 Å². The van der Waals surface area contributed by atoms with Crippen molar-refractivity contribution >= 4 is 11.6 Å². The molecule has 2 atom stereocenters. The van der Waals surface area contributed by atoms with Gasteiger partial charge in [-0.15, -0.1) is 0 Å². The van der Waals surface area contributed by atoms with E-state index in [0.717, 1.165) is 29.5 Å². The van der Waals surface area contributed by atoms with E-state index in [9.17, 15) is 14.3 Å². The molecule has 1 saturated heterocycles. The highest BCUT2D eigenvalue weighted by Gasteiger charge is 2.38. The van der Waals surface area contributed by atoms with E-state index in [1.165, 1.54) is 12.1 Å². The van der Waals surface area contributed by atoms with E-state index in [0.29, 0.717) is 30.3 Å². The van der Waals surface area contributed by atoms with Crippen molar-refractivity contribution < 1.29 is 14.3 Å². The average Bonchev–Trinajstić information content (AvgIpc) is 3.03. The standard InChI is InChI=1S/C30H41FN2O2/c1-8-9-20-17-33(28(32)23(20)14-19-10-12-22(31)13-11-19)18-26(34)21-15-24(29(2,3)4)27(35)25(16-21)30(5,6)7/h10-13,15-16,20,23,32,35H,8-9,14,17-18H2,1-7H3. The van der Waals surface area contributed by atoms with Gasteiger partial charge in [0.1, 0.15) is 17.4 Å². The molecule has 1 aliphatic heterocycles. The quantitative estimate of drug-likeness (QED) is 0.425. The third-order valence-corrected chi connectivity index (χ3v) is 7.13. The van der Waals surface area contributed by atoms with Crippen molar-refractivity contribution in [2.45, 2.75) is 78.6 Å². The Labute approximate surface area is 210 Å². The summed E-state index contributed by atoms with van der Waals surface area (Å²) < 4.78 is 13.4. The van der Waals surface area contributed by atoms with E-state index in [2.05, 4.69) is 6.92 Å². The number of ketones is 1. The molecule has 0 aliphatic carbocycles. The number of phenols is 1. The van der Waals surface area contributed by atoms with Gasteiger partial charge >= 0.3 is 0 Å². The maximum Gasteiger partial charge on any atom is 0.182 e. The highest BCUT2D eigenvalue weighted by Crippen LogP contribution is 2.40. The maximum atomic E-state index is 13.5. The molecule has 35 heavy (non-hydrogen) atoms. The Morgan fingerprint density at radius 3 is 2.09 bits per heavy atom. The van der Waals surface area contributed by atoms with Crippen LogP contribution < -0.4 is 0 Å². The number of halogens is 1. The van der Waals surface area contributed by atoms with Crippen molar-refractivity contribution in [1.82, 2.24) is 4.90 Å². The molecule has 0 aromatic heterocycles. The molecule has 2 aromatic carbocycles. The Morgan fingerprint density at radius 2 is 1.60 bits per heavy atom. The Balaban J connectivity index is 1.87. The first kappa shape index (κ1) is 26.9. The van der Waals surface area contributed by atoms with Crippen molar-refractivity contribution in [3.8, 4) is 5.75 Å². The molecular formula is C30H41FN2O2. The Morgan fingerprint density at radius 1 is 1.06 bits per heavy atom. The van der Waals surface area contributed by atoms with Crippen molar-refractivity contribution in [2.75, 3.05) is 13.1 Å². The molecule has 0 amide bonds. The van der Waals surface area contributed by atoms with Crippen LogP contribution in [-0.2, 0) is 17.3 Å². The van der Waals surface area contributed by atoms with Crippen LogP contribution in [0.4, 0.5) is 4.39 Å². The average molecular weight is 481 g/mol. The number of carbonyl (C=O) groups is 1. The summed E-state index contributed by atoms with van der Waals surface area (Å²) in [5, 5.41) is 19.9. The molecule has 0 radical (unpaired) electrons. The zero-order valence-corrected chi connectivity index (χ0v) is 22.3. The van der Waals surface area contributed by atoms with E-state index in [1.807, 2.05) is 58.6 Å². The minimum absolute atomic E-state index is 0.0169. The van der Waals surface area contributed by atoms with Crippen LogP contribution >= 0.6 is 0 Å². The van der Waals surface area contributed by atoms with E-state index >= 15 is 0 Å². The second-order valence-electron chi connectivity index (χ2n) is 12.1. The first-order chi connectivity index (χ1) is 16.2. The molecule has 1 heterocycles. The fourth-order valence-electron chi connectivity index (χ4n) is 5.12. The fraction of sp³-hybridized carbons (Fsp3) is 0.533. The summed E-state index contributed by atoms with van der Waals surface area (Å²) in [6, 6.07) is 10.2. The minimum atomic E-state index is -0.312. The number of hydrogen-bond donors (Lipinski definition) is 2. The van der Waals surface area contributed by atoms with Crippen LogP contribution in [-0.4, -0.2) is 34.7 Å². The van der Waals surface area contributed by atoms with Gasteiger partial charge in [-0.25, -0.2) is 4.39 Å². The van der Waals surface area contributed by atoms with E-state index in [-0.39, 0.29) is 40.6 Å². The van der Waals surface area contributed by atoms with Crippen LogP contribution in [0.5, 0.6) is 5.75 Å². The number of nitrogens with zero attached hydrogens (tertiary/aromatic N) is 1. The van der Waals surface area contributed by atoms with Crippen LogP contribution in [0.2, 0.25) is 0 Å². The van der Waals surface area contributed by atoms with Gasteiger partial charge in [-0.05, 0) is 59.4 Å². The third-order valence-electron chi connectivity index (χ3n) is 7.13. The molecule has 190 valence electrons. The number of likely N-dealkylation sites (tertiary alicyclic amines) is 1. The first-order valence-electron chi connectivity index (χ1n) is 12.7. The summed E-state index contributed by atoms with van der Waals surface area (Å²) in [7, 11) is 0. The van der Waals surface area contributed by atoms with Gasteiger partial charge in [-0.1, -0.05) is 67.0 Å². The topological polar surface area (TPSA) is 64.4 Å². The van der Waals surface area contributed by atoms with E-state index in [1.54, 1.807) is 12.1 Å². The minimum Gasteiger partial charge on any atom is -0.507 e. The Hall–Kier alpha value is -2.69. The van der Waals surface area contributed by atoms with Crippen LogP contribution in [0.1, 0.15) is 88.4 Å². The van der Waals surface area contributed by atoms with Gasteiger partial charge in [-0.3, -0.25) is 10.2 Å². The summed E-state index contributed by atoms with van der Waals surface area (Å²) in [6.45, 7) is 15.2. The number of aromatic hydroxyl groups is 1. The molecule has 2 unspecified atom stereocenters. The molecule has 2 N–H and O–H groups in total.